The number of hydrogen-bond donors (Lipinski definition) is 0. The SMILES string of the molecule is O=C1S/C(=C\c2cn(Cc3ccc(Cl)cc3)c3ccccc23)C(=O)N1Cc1ccccc1. The van der Waals surface area contributed by atoms with Crippen molar-refractivity contribution >= 4 is 51.5 Å². The van der Waals surface area contributed by atoms with E-state index in [0.29, 0.717) is 16.5 Å². The average Bonchev–Trinajstić information content (AvgIpc) is 3.28. The Labute approximate surface area is 195 Å². The lowest BCUT2D eigenvalue weighted by Gasteiger charge is -2.12. The molecule has 32 heavy (non-hydrogen) atoms. The zero-order valence-electron chi connectivity index (χ0n) is 17.1. The summed E-state index contributed by atoms with van der Waals surface area (Å²) in [6.45, 7) is 0.960. The molecular formula is C26H19ClN2O2S. The number of imide groups is 1. The molecule has 0 unspecified atom stereocenters. The van der Waals surface area contributed by atoms with E-state index in [-0.39, 0.29) is 17.7 Å². The molecule has 0 atom stereocenters. The molecule has 158 valence electrons. The number of thioether (sulfide) groups is 1. The second-order valence-electron chi connectivity index (χ2n) is 7.61. The van der Waals surface area contributed by atoms with Gasteiger partial charge in [-0.05, 0) is 47.2 Å². The normalized spacial score (nSPS) is 15.3. The van der Waals surface area contributed by atoms with Crippen LogP contribution in [0.5, 0.6) is 0 Å². The van der Waals surface area contributed by atoms with E-state index in [1.54, 1.807) is 0 Å². The molecule has 0 aliphatic carbocycles. The number of rotatable bonds is 5. The molecule has 1 saturated heterocycles. The van der Waals surface area contributed by atoms with Crippen LogP contribution < -0.4 is 0 Å². The molecular weight excluding hydrogens is 440 g/mol. The summed E-state index contributed by atoms with van der Waals surface area (Å²) in [7, 11) is 0. The highest BCUT2D eigenvalue weighted by Gasteiger charge is 2.35. The first-order valence-corrected chi connectivity index (χ1v) is 11.4. The van der Waals surface area contributed by atoms with Gasteiger partial charge < -0.3 is 4.57 Å². The molecule has 1 aliphatic heterocycles. The minimum Gasteiger partial charge on any atom is -0.342 e. The number of aromatic nitrogens is 1. The van der Waals surface area contributed by atoms with Crippen LogP contribution in [0.1, 0.15) is 16.7 Å². The second kappa shape index (κ2) is 8.69. The molecule has 0 bridgehead atoms. The quantitative estimate of drug-likeness (QED) is 0.317. The van der Waals surface area contributed by atoms with E-state index >= 15 is 0 Å². The Kier molecular flexibility index (Phi) is 5.60. The lowest BCUT2D eigenvalue weighted by molar-refractivity contribution is -0.123. The van der Waals surface area contributed by atoms with Gasteiger partial charge in [-0.1, -0.05) is 72.3 Å². The predicted molar refractivity (Wildman–Crippen MR) is 130 cm³/mol. The Balaban J connectivity index is 1.46. The van der Waals surface area contributed by atoms with Crippen molar-refractivity contribution in [1.29, 1.82) is 0 Å². The average molecular weight is 459 g/mol. The van der Waals surface area contributed by atoms with Crippen molar-refractivity contribution in [3.63, 3.8) is 0 Å². The number of carbonyl (C=O) groups is 2. The molecule has 1 fully saturated rings. The van der Waals surface area contributed by atoms with Gasteiger partial charge in [0.1, 0.15) is 0 Å². The van der Waals surface area contributed by atoms with Crippen LogP contribution in [-0.2, 0) is 17.9 Å². The van der Waals surface area contributed by atoms with Crippen molar-refractivity contribution < 1.29 is 9.59 Å². The first-order chi connectivity index (χ1) is 15.6. The van der Waals surface area contributed by atoms with E-state index in [1.807, 2.05) is 85.1 Å². The van der Waals surface area contributed by atoms with Crippen LogP contribution in [0.4, 0.5) is 4.79 Å². The lowest BCUT2D eigenvalue weighted by Crippen LogP contribution is -2.27. The zero-order valence-corrected chi connectivity index (χ0v) is 18.6. The summed E-state index contributed by atoms with van der Waals surface area (Å²) < 4.78 is 2.15. The number of halogens is 1. The van der Waals surface area contributed by atoms with Gasteiger partial charge in [0.05, 0.1) is 11.4 Å². The van der Waals surface area contributed by atoms with Crippen molar-refractivity contribution in [2.75, 3.05) is 0 Å². The molecule has 4 nitrogen and oxygen atoms in total. The molecule has 1 aromatic heterocycles. The molecule has 6 heteroatoms. The monoisotopic (exact) mass is 458 g/mol. The van der Waals surface area contributed by atoms with Crippen molar-refractivity contribution in [3.8, 4) is 0 Å². The maximum absolute atomic E-state index is 13.0. The molecule has 4 aromatic rings. The number of para-hydroxylation sites is 1. The summed E-state index contributed by atoms with van der Waals surface area (Å²) in [5.74, 6) is -0.251. The van der Waals surface area contributed by atoms with Gasteiger partial charge in [0.2, 0.25) is 0 Å². The lowest BCUT2D eigenvalue weighted by atomic mass is 10.1. The summed E-state index contributed by atoms with van der Waals surface area (Å²) in [4.78, 5) is 27.3. The summed E-state index contributed by atoms with van der Waals surface area (Å²) in [6.07, 6.45) is 3.86. The molecule has 2 heterocycles. The van der Waals surface area contributed by atoms with E-state index in [1.165, 1.54) is 4.90 Å². The smallest absolute Gasteiger partial charge is 0.293 e. The number of hydrogen-bond acceptors (Lipinski definition) is 3. The predicted octanol–water partition coefficient (Wildman–Crippen LogP) is 6.58. The van der Waals surface area contributed by atoms with Crippen LogP contribution >= 0.6 is 23.4 Å². The van der Waals surface area contributed by atoms with Crippen molar-refractivity contribution in [3.05, 3.63) is 112 Å². The molecule has 0 radical (unpaired) electrons. The maximum atomic E-state index is 13.0. The molecule has 1 aliphatic rings. The Morgan fingerprint density at radius 3 is 2.28 bits per heavy atom. The highest BCUT2D eigenvalue weighted by molar-refractivity contribution is 8.18. The molecule has 0 saturated carbocycles. The van der Waals surface area contributed by atoms with Gasteiger partial charge in [-0.15, -0.1) is 0 Å². The Morgan fingerprint density at radius 1 is 0.812 bits per heavy atom. The number of nitrogens with zero attached hydrogens (tertiary/aromatic N) is 2. The van der Waals surface area contributed by atoms with E-state index in [0.717, 1.165) is 39.4 Å². The van der Waals surface area contributed by atoms with Gasteiger partial charge in [-0.3, -0.25) is 14.5 Å². The third kappa shape index (κ3) is 4.09. The molecule has 0 spiro atoms. The molecule has 2 amide bonds. The zero-order chi connectivity index (χ0) is 22.1. The number of fused-ring (bicyclic) bond motifs is 1. The third-order valence-corrected chi connectivity index (χ3v) is 6.59. The van der Waals surface area contributed by atoms with Crippen molar-refractivity contribution in [1.82, 2.24) is 9.47 Å². The van der Waals surface area contributed by atoms with Gasteiger partial charge >= 0.3 is 0 Å². The minimum absolute atomic E-state index is 0.241. The Morgan fingerprint density at radius 2 is 1.50 bits per heavy atom. The van der Waals surface area contributed by atoms with E-state index in [4.69, 9.17) is 11.6 Å². The van der Waals surface area contributed by atoms with Crippen LogP contribution in [0.3, 0.4) is 0 Å². The molecule has 5 rings (SSSR count). The van der Waals surface area contributed by atoms with Crippen LogP contribution in [0.25, 0.3) is 17.0 Å². The van der Waals surface area contributed by atoms with Crippen LogP contribution in [0.15, 0.2) is 90.0 Å². The first-order valence-electron chi connectivity index (χ1n) is 10.2. The van der Waals surface area contributed by atoms with E-state index in [9.17, 15) is 9.59 Å². The summed E-state index contributed by atoms with van der Waals surface area (Å²) in [5, 5.41) is 1.50. The van der Waals surface area contributed by atoms with Crippen molar-refractivity contribution in [2.45, 2.75) is 13.1 Å². The minimum atomic E-state index is -0.251. The van der Waals surface area contributed by atoms with Crippen LogP contribution in [-0.4, -0.2) is 20.6 Å². The largest absolute Gasteiger partial charge is 0.342 e. The highest BCUT2D eigenvalue weighted by Crippen LogP contribution is 2.35. The number of carbonyl (C=O) groups excluding carboxylic acids is 2. The third-order valence-electron chi connectivity index (χ3n) is 5.43. The van der Waals surface area contributed by atoms with Gasteiger partial charge in [0.15, 0.2) is 0 Å². The van der Waals surface area contributed by atoms with E-state index in [2.05, 4.69) is 10.6 Å². The summed E-state index contributed by atoms with van der Waals surface area (Å²) in [5.41, 5.74) is 4.04. The topological polar surface area (TPSA) is 42.3 Å². The van der Waals surface area contributed by atoms with Gasteiger partial charge in [0.25, 0.3) is 11.1 Å². The molecule has 0 N–H and O–H groups in total. The Bertz CT molecular complexity index is 1340. The van der Waals surface area contributed by atoms with Gasteiger partial charge in [-0.2, -0.15) is 0 Å². The van der Waals surface area contributed by atoms with Gasteiger partial charge in [-0.25, -0.2) is 0 Å². The maximum Gasteiger partial charge on any atom is 0.293 e. The number of amides is 2. The fourth-order valence-electron chi connectivity index (χ4n) is 3.85. The molecule has 3 aromatic carbocycles. The fourth-order valence-corrected chi connectivity index (χ4v) is 4.81. The standard InChI is InChI=1S/C26H19ClN2O2S/c27-21-12-10-19(11-13-21)15-28-17-20(22-8-4-5-9-23(22)28)14-24-25(30)29(26(31)32-24)16-18-6-2-1-3-7-18/h1-14,17H,15-16H2/b24-14-. The number of benzene rings is 3. The summed E-state index contributed by atoms with van der Waals surface area (Å²) >= 11 is 7.01. The van der Waals surface area contributed by atoms with Crippen LogP contribution in [0, 0.1) is 0 Å². The van der Waals surface area contributed by atoms with E-state index < -0.39 is 0 Å². The summed E-state index contributed by atoms with van der Waals surface area (Å²) in [6, 6.07) is 25.4. The second-order valence-corrected chi connectivity index (χ2v) is 9.04. The first kappa shape index (κ1) is 20.6. The van der Waals surface area contributed by atoms with Crippen LogP contribution in [0.2, 0.25) is 5.02 Å². The van der Waals surface area contributed by atoms with Gasteiger partial charge in [0, 0.05) is 34.2 Å². The highest BCUT2D eigenvalue weighted by atomic mass is 35.5. The Hall–Kier alpha value is -3.28. The van der Waals surface area contributed by atoms with Crippen molar-refractivity contribution in [2.24, 2.45) is 0 Å². The fraction of sp³-hybridized carbons (Fsp3) is 0.0769.